The van der Waals surface area contributed by atoms with E-state index in [0.29, 0.717) is 17.7 Å². The van der Waals surface area contributed by atoms with Gasteiger partial charge in [-0.25, -0.2) is 0 Å². The summed E-state index contributed by atoms with van der Waals surface area (Å²) in [7, 11) is 0. The molecule has 122 valence electrons. The van der Waals surface area contributed by atoms with Gasteiger partial charge in [-0.3, -0.25) is 9.59 Å². The van der Waals surface area contributed by atoms with E-state index in [4.69, 9.17) is 5.26 Å². The average molecular weight is 321 g/mol. The van der Waals surface area contributed by atoms with Gasteiger partial charge < -0.3 is 10.6 Å². The van der Waals surface area contributed by atoms with Gasteiger partial charge in [0.1, 0.15) is 0 Å². The summed E-state index contributed by atoms with van der Waals surface area (Å²) in [6.07, 6.45) is 0.203. The molecule has 0 spiro atoms. The standard InChI is InChI=1S/C19H19N3O2/c1-14(22-19(24)17-5-3-2-4-6-17)11-18(23)21-13-16-9-7-15(12-20)8-10-16/h2-10,14H,11,13H2,1H3,(H,21,23)(H,22,24). The van der Waals surface area contributed by atoms with Crippen LogP contribution in [0.5, 0.6) is 0 Å². The van der Waals surface area contributed by atoms with Gasteiger partial charge in [-0.05, 0) is 36.8 Å². The van der Waals surface area contributed by atoms with Crippen molar-refractivity contribution in [3.63, 3.8) is 0 Å². The molecule has 0 aliphatic carbocycles. The van der Waals surface area contributed by atoms with E-state index in [2.05, 4.69) is 10.6 Å². The van der Waals surface area contributed by atoms with Crippen LogP contribution in [0.1, 0.15) is 34.8 Å². The third-order valence-corrected chi connectivity index (χ3v) is 3.48. The number of hydrogen-bond acceptors (Lipinski definition) is 3. The minimum atomic E-state index is -0.265. The van der Waals surface area contributed by atoms with Crippen molar-refractivity contribution in [2.24, 2.45) is 0 Å². The van der Waals surface area contributed by atoms with E-state index in [9.17, 15) is 9.59 Å². The predicted octanol–water partition coefficient (Wildman–Crippen LogP) is 2.38. The highest BCUT2D eigenvalue weighted by atomic mass is 16.2. The first-order chi connectivity index (χ1) is 11.6. The Kier molecular flexibility index (Phi) is 6.09. The summed E-state index contributed by atoms with van der Waals surface area (Å²) in [6, 6.07) is 17.7. The van der Waals surface area contributed by atoms with Crippen LogP contribution in [0.3, 0.4) is 0 Å². The average Bonchev–Trinajstić information content (AvgIpc) is 2.61. The number of nitrogens with one attached hydrogen (secondary N) is 2. The molecule has 0 saturated heterocycles. The zero-order chi connectivity index (χ0) is 17.4. The number of amides is 2. The van der Waals surface area contributed by atoms with Crippen LogP contribution in [0.15, 0.2) is 54.6 Å². The molecule has 1 unspecified atom stereocenters. The van der Waals surface area contributed by atoms with Gasteiger partial charge in [-0.2, -0.15) is 5.26 Å². The van der Waals surface area contributed by atoms with Gasteiger partial charge >= 0.3 is 0 Å². The molecule has 5 nitrogen and oxygen atoms in total. The maximum absolute atomic E-state index is 12.0. The molecule has 0 heterocycles. The van der Waals surface area contributed by atoms with Gasteiger partial charge in [-0.15, -0.1) is 0 Å². The molecule has 0 aliphatic heterocycles. The number of carbonyl (C=O) groups excluding carboxylic acids is 2. The molecule has 2 aromatic rings. The molecule has 1 atom stereocenters. The number of nitriles is 1. The van der Waals surface area contributed by atoms with Crippen molar-refractivity contribution in [1.82, 2.24) is 10.6 Å². The van der Waals surface area contributed by atoms with E-state index in [-0.39, 0.29) is 24.3 Å². The second-order valence-corrected chi connectivity index (χ2v) is 5.53. The van der Waals surface area contributed by atoms with E-state index in [1.165, 1.54) is 0 Å². The fraction of sp³-hybridized carbons (Fsp3) is 0.211. The van der Waals surface area contributed by atoms with Gasteiger partial charge in [0.05, 0.1) is 11.6 Å². The summed E-state index contributed by atoms with van der Waals surface area (Å²) in [5.74, 6) is -0.330. The Labute approximate surface area is 141 Å². The highest BCUT2D eigenvalue weighted by Gasteiger charge is 2.12. The predicted molar refractivity (Wildman–Crippen MR) is 91.0 cm³/mol. The molecule has 0 bridgehead atoms. The molecule has 0 saturated carbocycles. The van der Waals surface area contributed by atoms with Crippen molar-refractivity contribution in [2.45, 2.75) is 25.9 Å². The van der Waals surface area contributed by atoms with Gasteiger partial charge in [0, 0.05) is 24.6 Å². The molecule has 0 aliphatic rings. The Bertz CT molecular complexity index is 733. The van der Waals surface area contributed by atoms with E-state index < -0.39 is 0 Å². The highest BCUT2D eigenvalue weighted by Crippen LogP contribution is 2.04. The molecule has 0 radical (unpaired) electrons. The lowest BCUT2D eigenvalue weighted by molar-refractivity contribution is -0.121. The quantitative estimate of drug-likeness (QED) is 0.857. The van der Waals surface area contributed by atoms with Crippen LogP contribution < -0.4 is 10.6 Å². The maximum atomic E-state index is 12.0. The zero-order valence-electron chi connectivity index (χ0n) is 13.5. The van der Waals surface area contributed by atoms with Gasteiger partial charge in [0.2, 0.25) is 5.91 Å². The van der Waals surface area contributed by atoms with Crippen LogP contribution in [0.4, 0.5) is 0 Å². The summed E-state index contributed by atoms with van der Waals surface area (Å²) in [5, 5.41) is 14.4. The van der Waals surface area contributed by atoms with Crippen LogP contribution in [0.25, 0.3) is 0 Å². The molecule has 24 heavy (non-hydrogen) atoms. The van der Waals surface area contributed by atoms with Crippen molar-refractivity contribution in [1.29, 1.82) is 5.26 Å². The SMILES string of the molecule is CC(CC(=O)NCc1ccc(C#N)cc1)NC(=O)c1ccccc1. The first-order valence-electron chi connectivity index (χ1n) is 7.70. The Morgan fingerprint density at radius 2 is 1.75 bits per heavy atom. The summed E-state index contributed by atoms with van der Waals surface area (Å²) in [5.41, 5.74) is 2.08. The van der Waals surface area contributed by atoms with Crippen LogP contribution >= 0.6 is 0 Å². The van der Waals surface area contributed by atoms with Gasteiger partial charge in [0.15, 0.2) is 0 Å². The van der Waals surface area contributed by atoms with Crippen molar-refractivity contribution in [2.75, 3.05) is 0 Å². The van der Waals surface area contributed by atoms with E-state index in [1.807, 2.05) is 12.1 Å². The molecule has 0 fully saturated rings. The fourth-order valence-corrected chi connectivity index (χ4v) is 2.20. The Balaban J connectivity index is 1.77. The van der Waals surface area contributed by atoms with Crippen LogP contribution in [0, 0.1) is 11.3 Å². The first-order valence-corrected chi connectivity index (χ1v) is 7.70. The number of benzene rings is 2. The molecule has 5 heteroatoms. The lowest BCUT2D eigenvalue weighted by Gasteiger charge is -2.14. The van der Waals surface area contributed by atoms with Crippen LogP contribution in [-0.2, 0) is 11.3 Å². The molecule has 2 N–H and O–H groups in total. The van der Waals surface area contributed by atoms with E-state index in [1.54, 1.807) is 55.5 Å². The monoisotopic (exact) mass is 321 g/mol. The minimum absolute atomic E-state index is 0.139. The van der Waals surface area contributed by atoms with Crippen molar-refractivity contribution in [3.8, 4) is 6.07 Å². The largest absolute Gasteiger partial charge is 0.352 e. The van der Waals surface area contributed by atoms with Crippen molar-refractivity contribution in [3.05, 3.63) is 71.3 Å². The number of rotatable bonds is 6. The molecule has 0 aromatic heterocycles. The zero-order valence-corrected chi connectivity index (χ0v) is 13.5. The first kappa shape index (κ1) is 17.2. The second kappa shape index (κ2) is 8.49. The topological polar surface area (TPSA) is 82.0 Å². The number of nitrogens with zero attached hydrogens (tertiary/aromatic N) is 1. The summed E-state index contributed by atoms with van der Waals surface area (Å²) >= 11 is 0. The molecular weight excluding hydrogens is 302 g/mol. The lowest BCUT2D eigenvalue weighted by Crippen LogP contribution is -2.37. The molecule has 2 rings (SSSR count). The summed E-state index contributed by atoms with van der Waals surface area (Å²) in [4.78, 5) is 24.0. The Morgan fingerprint density at radius 1 is 1.08 bits per heavy atom. The van der Waals surface area contributed by atoms with Gasteiger partial charge in [-0.1, -0.05) is 30.3 Å². The van der Waals surface area contributed by atoms with E-state index in [0.717, 1.165) is 5.56 Å². The normalized spacial score (nSPS) is 11.2. The van der Waals surface area contributed by atoms with Crippen molar-refractivity contribution >= 4 is 11.8 Å². The maximum Gasteiger partial charge on any atom is 0.251 e. The second-order valence-electron chi connectivity index (χ2n) is 5.53. The minimum Gasteiger partial charge on any atom is -0.352 e. The van der Waals surface area contributed by atoms with Crippen LogP contribution in [-0.4, -0.2) is 17.9 Å². The Morgan fingerprint density at radius 3 is 2.38 bits per heavy atom. The van der Waals surface area contributed by atoms with Gasteiger partial charge in [0.25, 0.3) is 5.91 Å². The highest BCUT2D eigenvalue weighted by molar-refractivity contribution is 5.94. The van der Waals surface area contributed by atoms with E-state index >= 15 is 0 Å². The smallest absolute Gasteiger partial charge is 0.251 e. The molecule has 2 aromatic carbocycles. The number of hydrogen-bond donors (Lipinski definition) is 2. The van der Waals surface area contributed by atoms with Crippen molar-refractivity contribution < 1.29 is 9.59 Å². The fourth-order valence-electron chi connectivity index (χ4n) is 2.20. The summed E-state index contributed by atoms with van der Waals surface area (Å²) < 4.78 is 0. The summed E-state index contributed by atoms with van der Waals surface area (Å²) in [6.45, 7) is 2.19. The molecule has 2 amide bonds. The Hall–Kier alpha value is -3.13. The number of carbonyl (C=O) groups is 2. The lowest BCUT2D eigenvalue weighted by atomic mass is 10.1. The molecular formula is C19H19N3O2. The third-order valence-electron chi connectivity index (χ3n) is 3.48. The van der Waals surface area contributed by atoms with Crippen LogP contribution in [0.2, 0.25) is 0 Å². The third kappa shape index (κ3) is 5.25.